The average Bonchev–Trinajstić information content (AvgIpc) is 3.28. The van der Waals surface area contributed by atoms with E-state index in [1.807, 2.05) is 0 Å². The average molecular weight is 346 g/mol. The summed E-state index contributed by atoms with van der Waals surface area (Å²) in [7, 11) is 0. The number of nitrogens with zero attached hydrogens (tertiary/aromatic N) is 2. The van der Waals surface area contributed by atoms with Gasteiger partial charge in [0, 0.05) is 11.4 Å². The third-order valence-corrected chi connectivity index (χ3v) is 6.10. The molecule has 0 N–H and O–H groups in total. The predicted octanol–water partition coefficient (Wildman–Crippen LogP) is 5.75. The zero-order valence-electron chi connectivity index (χ0n) is 16.7. The molecule has 0 amide bonds. The number of hydrogen-bond acceptors (Lipinski definition) is 2. The van der Waals surface area contributed by atoms with E-state index in [0.29, 0.717) is 18.8 Å². The molecule has 4 rings (SSSR count). The Morgan fingerprint density at radius 2 is 1.42 bits per heavy atom. The van der Waals surface area contributed by atoms with E-state index in [4.69, 9.17) is 0 Å². The molecule has 0 atom stereocenters. The van der Waals surface area contributed by atoms with E-state index in [2.05, 4.69) is 79.8 Å². The van der Waals surface area contributed by atoms with Gasteiger partial charge in [-0.2, -0.15) is 0 Å². The molecule has 3 heteroatoms. The van der Waals surface area contributed by atoms with Crippen molar-refractivity contribution >= 4 is 18.4 Å². The minimum absolute atomic E-state index is 0.465. The van der Waals surface area contributed by atoms with Gasteiger partial charge in [0.2, 0.25) is 0 Å². The van der Waals surface area contributed by atoms with Crippen molar-refractivity contribution < 1.29 is 0 Å². The Morgan fingerprint density at radius 3 is 2.04 bits per heavy atom. The molecule has 0 radical (unpaired) electrons. The first-order valence-corrected chi connectivity index (χ1v) is 10.3. The first kappa shape index (κ1) is 17.7. The maximum Gasteiger partial charge on any atom is 0.352 e. The van der Waals surface area contributed by atoms with Crippen molar-refractivity contribution in [2.24, 2.45) is 0 Å². The van der Waals surface area contributed by atoms with Gasteiger partial charge >= 0.3 is 6.98 Å². The van der Waals surface area contributed by atoms with Crippen LogP contribution in [0.1, 0.15) is 69.1 Å². The predicted molar refractivity (Wildman–Crippen MR) is 113 cm³/mol. The summed E-state index contributed by atoms with van der Waals surface area (Å²) in [4.78, 5) is 5.40. The lowest BCUT2D eigenvalue weighted by Gasteiger charge is -2.36. The molecule has 0 aromatic heterocycles. The van der Waals surface area contributed by atoms with E-state index >= 15 is 0 Å². The van der Waals surface area contributed by atoms with Crippen molar-refractivity contribution in [1.82, 2.24) is 4.81 Å². The van der Waals surface area contributed by atoms with E-state index in [9.17, 15) is 0 Å². The van der Waals surface area contributed by atoms with Crippen molar-refractivity contribution in [3.63, 3.8) is 0 Å². The second-order valence-corrected chi connectivity index (χ2v) is 8.52. The van der Waals surface area contributed by atoms with Crippen LogP contribution in [0.5, 0.6) is 0 Å². The van der Waals surface area contributed by atoms with Gasteiger partial charge in [-0.25, -0.2) is 0 Å². The summed E-state index contributed by atoms with van der Waals surface area (Å²) < 4.78 is 0. The molecule has 0 unspecified atom stereocenters. The number of para-hydroxylation sites is 2. The van der Waals surface area contributed by atoms with E-state index in [1.165, 1.54) is 54.0 Å². The zero-order valence-corrected chi connectivity index (χ0v) is 16.7. The highest BCUT2D eigenvalue weighted by Crippen LogP contribution is 2.44. The summed E-state index contributed by atoms with van der Waals surface area (Å²) in [6, 6.07) is 16.0. The van der Waals surface area contributed by atoms with E-state index in [1.54, 1.807) is 0 Å². The lowest BCUT2D eigenvalue weighted by Crippen LogP contribution is -2.49. The molecule has 2 aromatic carbocycles. The highest BCUT2D eigenvalue weighted by atomic mass is 15.2. The summed E-state index contributed by atoms with van der Waals surface area (Å²) >= 11 is 0. The van der Waals surface area contributed by atoms with Gasteiger partial charge in [-0.1, -0.05) is 64.1 Å². The van der Waals surface area contributed by atoms with Gasteiger partial charge in [-0.15, -0.1) is 0 Å². The van der Waals surface area contributed by atoms with Crippen molar-refractivity contribution in [1.29, 1.82) is 0 Å². The van der Waals surface area contributed by atoms with Gasteiger partial charge in [0.05, 0.1) is 0 Å². The summed E-state index contributed by atoms with van der Waals surface area (Å²) in [6.45, 7) is 12.2. The zero-order chi connectivity index (χ0) is 18.3. The molecule has 0 bridgehead atoms. The maximum atomic E-state index is 2.71. The molecule has 0 aliphatic carbocycles. The number of fused-ring (bicyclic) bond motifs is 1. The SMILES string of the molecule is CC(C)c1cccc(C(C)C)c1N1B(N2CCCC2)Cc2ccccc21. The summed E-state index contributed by atoms with van der Waals surface area (Å²) in [5, 5.41) is 0. The fraction of sp³-hybridized carbons (Fsp3) is 0.478. The largest absolute Gasteiger partial charge is 0.370 e. The van der Waals surface area contributed by atoms with Crippen LogP contribution >= 0.6 is 0 Å². The van der Waals surface area contributed by atoms with Crippen molar-refractivity contribution in [2.45, 2.75) is 58.7 Å². The van der Waals surface area contributed by atoms with E-state index < -0.39 is 0 Å². The van der Waals surface area contributed by atoms with Crippen LogP contribution in [-0.4, -0.2) is 24.9 Å². The van der Waals surface area contributed by atoms with Gasteiger partial charge in [0.1, 0.15) is 0 Å². The molecule has 2 nitrogen and oxygen atoms in total. The Bertz CT molecular complexity index is 751. The quantitative estimate of drug-likeness (QED) is 0.650. The molecular weight excluding hydrogens is 315 g/mol. The topological polar surface area (TPSA) is 6.48 Å². The second-order valence-electron chi connectivity index (χ2n) is 8.52. The molecule has 1 saturated heterocycles. The van der Waals surface area contributed by atoms with Crippen LogP contribution in [0.4, 0.5) is 11.4 Å². The third-order valence-electron chi connectivity index (χ3n) is 6.10. The van der Waals surface area contributed by atoms with Crippen LogP contribution in [0.2, 0.25) is 0 Å². The normalized spacial score (nSPS) is 17.6. The fourth-order valence-electron chi connectivity index (χ4n) is 4.76. The monoisotopic (exact) mass is 346 g/mol. The van der Waals surface area contributed by atoms with Gasteiger partial charge in [-0.05, 0) is 66.8 Å². The molecule has 2 aliphatic heterocycles. The Morgan fingerprint density at radius 1 is 0.808 bits per heavy atom. The van der Waals surface area contributed by atoms with Gasteiger partial charge in [-0.3, -0.25) is 0 Å². The number of anilines is 2. The number of benzene rings is 2. The van der Waals surface area contributed by atoms with Gasteiger partial charge in [0.15, 0.2) is 0 Å². The Hall–Kier alpha value is -1.74. The summed E-state index contributed by atoms with van der Waals surface area (Å²) in [6.07, 6.45) is 3.81. The molecule has 26 heavy (non-hydrogen) atoms. The summed E-state index contributed by atoms with van der Waals surface area (Å²) in [5.74, 6) is 1.05. The third kappa shape index (κ3) is 2.97. The molecule has 136 valence electrons. The van der Waals surface area contributed by atoms with E-state index in [-0.39, 0.29) is 0 Å². The van der Waals surface area contributed by atoms with Crippen molar-refractivity contribution in [3.05, 3.63) is 59.2 Å². The first-order valence-electron chi connectivity index (χ1n) is 10.3. The molecule has 0 saturated carbocycles. The molecule has 1 fully saturated rings. The van der Waals surface area contributed by atoms with Crippen molar-refractivity contribution in [2.75, 3.05) is 17.9 Å². The highest BCUT2D eigenvalue weighted by Gasteiger charge is 2.41. The first-order chi connectivity index (χ1) is 12.6. The Labute approximate surface area is 159 Å². The second kappa shape index (κ2) is 7.11. The van der Waals surface area contributed by atoms with Gasteiger partial charge in [0.25, 0.3) is 0 Å². The van der Waals surface area contributed by atoms with Gasteiger partial charge < -0.3 is 9.62 Å². The maximum absolute atomic E-state index is 2.71. The molecule has 2 aromatic rings. The minimum Gasteiger partial charge on any atom is -0.370 e. The van der Waals surface area contributed by atoms with Crippen LogP contribution in [0.25, 0.3) is 0 Å². The van der Waals surface area contributed by atoms with Crippen LogP contribution in [-0.2, 0) is 6.32 Å². The molecular formula is C23H31BN2. The molecule has 2 aliphatic rings. The lowest BCUT2D eigenvalue weighted by atomic mass is 9.68. The molecule has 0 spiro atoms. The minimum atomic E-state index is 0.465. The smallest absolute Gasteiger partial charge is 0.352 e. The molecule has 2 heterocycles. The number of rotatable bonds is 4. The Balaban J connectivity index is 1.90. The van der Waals surface area contributed by atoms with E-state index in [0.717, 1.165) is 6.32 Å². The lowest BCUT2D eigenvalue weighted by molar-refractivity contribution is 0.531. The van der Waals surface area contributed by atoms with Crippen molar-refractivity contribution in [3.8, 4) is 0 Å². The fourth-order valence-corrected chi connectivity index (χ4v) is 4.76. The van der Waals surface area contributed by atoms with Crippen LogP contribution in [0.3, 0.4) is 0 Å². The number of hydrogen-bond donors (Lipinski definition) is 0. The van der Waals surface area contributed by atoms with Crippen LogP contribution in [0.15, 0.2) is 42.5 Å². The highest BCUT2D eigenvalue weighted by molar-refractivity contribution is 6.64. The Kier molecular flexibility index (Phi) is 4.83. The summed E-state index contributed by atoms with van der Waals surface area (Å²) in [5.41, 5.74) is 7.35. The van der Waals surface area contributed by atoms with Crippen LogP contribution in [0, 0.1) is 0 Å². The van der Waals surface area contributed by atoms with Crippen LogP contribution < -0.4 is 4.81 Å². The standard InChI is InChI=1S/C23H31BN2/c1-17(2)20-11-9-12-21(18(3)4)23(20)26-22-13-6-5-10-19(22)16-24(26)25-14-7-8-15-25/h5-6,9-13,17-18H,7-8,14-16H2,1-4H3.